The smallest absolute Gasteiger partial charge is 0.270 e. The maximum absolute atomic E-state index is 12.3. The van der Waals surface area contributed by atoms with Gasteiger partial charge in [0.15, 0.2) is 0 Å². The van der Waals surface area contributed by atoms with Crippen LogP contribution in [0.2, 0.25) is 0 Å². The molecule has 0 aromatic carbocycles. The average Bonchev–Trinajstić information content (AvgIpc) is 2.49. The fourth-order valence-corrected chi connectivity index (χ4v) is 2.68. The molecule has 1 aromatic rings. The third-order valence-electron chi connectivity index (χ3n) is 4.31. The first-order valence-electron chi connectivity index (χ1n) is 7.53. The lowest BCUT2D eigenvalue weighted by molar-refractivity contribution is -0.0942. The summed E-state index contributed by atoms with van der Waals surface area (Å²) in [6, 6.07) is 5.60. The monoisotopic (exact) mass is 291 g/mol. The van der Waals surface area contributed by atoms with Crippen LogP contribution in [-0.2, 0) is 4.74 Å². The average molecular weight is 291 g/mol. The molecular weight excluding hydrogens is 266 g/mol. The van der Waals surface area contributed by atoms with Crippen LogP contribution in [0.1, 0.15) is 44.1 Å². The van der Waals surface area contributed by atoms with E-state index in [-0.39, 0.29) is 23.5 Å². The Morgan fingerprint density at radius 2 is 2.24 bits per heavy atom. The van der Waals surface area contributed by atoms with Crippen molar-refractivity contribution in [2.75, 3.05) is 19.0 Å². The number of carbonyl (C=O) groups excluding carboxylic acids is 1. The lowest BCUT2D eigenvalue weighted by Crippen LogP contribution is -2.61. The summed E-state index contributed by atoms with van der Waals surface area (Å²) in [5, 5.41) is 6.25. The lowest BCUT2D eigenvalue weighted by Gasteiger charge is -2.51. The Kier molecular flexibility index (Phi) is 4.83. The minimum atomic E-state index is -0.122. The first-order chi connectivity index (χ1) is 9.98. The van der Waals surface area contributed by atoms with E-state index < -0.39 is 0 Å². The van der Waals surface area contributed by atoms with Crippen LogP contribution >= 0.6 is 0 Å². The number of anilines is 1. The minimum Gasteiger partial charge on any atom is -0.381 e. The van der Waals surface area contributed by atoms with Crippen LogP contribution < -0.4 is 10.6 Å². The molecule has 1 fully saturated rings. The highest BCUT2D eigenvalue weighted by Gasteiger charge is 2.49. The van der Waals surface area contributed by atoms with E-state index in [1.807, 2.05) is 12.1 Å². The summed E-state index contributed by atoms with van der Waals surface area (Å²) in [5.74, 6) is 0.620. The van der Waals surface area contributed by atoms with Crippen molar-refractivity contribution < 1.29 is 9.53 Å². The number of nitrogens with zero attached hydrogens (tertiary/aromatic N) is 1. The zero-order chi connectivity index (χ0) is 15.5. The van der Waals surface area contributed by atoms with Crippen LogP contribution in [0.15, 0.2) is 18.2 Å². The predicted molar refractivity (Wildman–Crippen MR) is 83.5 cm³/mol. The van der Waals surface area contributed by atoms with E-state index in [4.69, 9.17) is 4.74 Å². The van der Waals surface area contributed by atoms with Crippen LogP contribution in [0.5, 0.6) is 0 Å². The maximum atomic E-state index is 12.3. The third-order valence-corrected chi connectivity index (χ3v) is 4.31. The Morgan fingerprint density at radius 3 is 2.86 bits per heavy atom. The fourth-order valence-electron chi connectivity index (χ4n) is 2.68. The molecule has 1 aromatic heterocycles. The van der Waals surface area contributed by atoms with Crippen molar-refractivity contribution in [3.63, 3.8) is 0 Å². The molecule has 21 heavy (non-hydrogen) atoms. The number of pyridine rings is 1. The molecule has 0 spiro atoms. The SMILES string of the molecule is CCCNc1cccc(C(=O)NC2CC(OC)C2(C)C)n1. The van der Waals surface area contributed by atoms with E-state index in [1.165, 1.54) is 0 Å². The summed E-state index contributed by atoms with van der Waals surface area (Å²) < 4.78 is 5.41. The Bertz CT molecular complexity index is 502. The van der Waals surface area contributed by atoms with Crippen molar-refractivity contribution >= 4 is 11.7 Å². The summed E-state index contributed by atoms with van der Waals surface area (Å²) >= 11 is 0. The molecule has 0 bridgehead atoms. The van der Waals surface area contributed by atoms with E-state index in [0.717, 1.165) is 25.2 Å². The molecular formula is C16H25N3O2. The first-order valence-corrected chi connectivity index (χ1v) is 7.53. The number of nitrogens with one attached hydrogen (secondary N) is 2. The number of hydrogen-bond acceptors (Lipinski definition) is 4. The molecule has 5 nitrogen and oxygen atoms in total. The van der Waals surface area contributed by atoms with Crippen molar-refractivity contribution in [1.29, 1.82) is 0 Å². The van der Waals surface area contributed by atoms with Crippen molar-refractivity contribution in [2.24, 2.45) is 5.41 Å². The second-order valence-electron chi connectivity index (χ2n) is 6.14. The normalized spacial score (nSPS) is 23.2. The molecule has 1 saturated carbocycles. The van der Waals surface area contributed by atoms with Gasteiger partial charge in [0, 0.05) is 25.1 Å². The van der Waals surface area contributed by atoms with Gasteiger partial charge in [0.2, 0.25) is 0 Å². The van der Waals surface area contributed by atoms with Crippen LogP contribution in [-0.4, -0.2) is 36.7 Å². The highest BCUT2D eigenvalue weighted by molar-refractivity contribution is 5.93. The van der Waals surface area contributed by atoms with Crippen LogP contribution in [0, 0.1) is 5.41 Å². The van der Waals surface area contributed by atoms with Gasteiger partial charge in [0.05, 0.1) is 6.10 Å². The maximum Gasteiger partial charge on any atom is 0.270 e. The molecule has 0 aliphatic heterocycles. The summed E-state index contributed by atoms with van der Waals surface area (Å²) in [7, 11) is 1.72. The van der Waals surface area contributed by atoms with Gasteiger partial charge in [-0.2, -0.15) is 0 Å². The second kappa shape index (κ2) is 6.43. The Morgan fingerprint density at radius 1 is 1.48 bits per heavy atom. The highest BCUT2D eigenvalue weighted by Crippen LogP contribution is 2.42. The van der Waals surface area contributed by atoms with Gasteiger partial charge in [0.1, 0.15) is 11.5 Å². The Balaban J connectivity index is 1.98. The molecule has 2 N–H and O–H groups in total. The summed E-state index contributed by atoms with van der Waals surface area (Å²) in [4.78, 5) is 16.7. The number of hydrogen-bond donors (Lipinski definition) is 2. The number of amides is 1. The second-order valence-corrected chi connectivity index (χ2v) is 6.14. The molecule has 5 heteroatoms. The zero-order valence-corrected chi connectivity index (χ0v) is 13.3. The van der Waals surface area contributed by atoms with Gasteiger partial charge in [-0.15, -0.1) is 0 Å². The Hall–Kier alpha value is -1.62. The number of carbonyl (C=O) groups is 1. The summed E-state index contributed by atoms with van der Waals surface area (Å²) in [5.41, 5.74) is 0.412. The zero-order valence-electron chi connectivity index (χ0n) is 13.3. The number of rotatable bonds is 6. The van der Waals surface area contributed by atoms with Gasteiger partial charge < -0.3 is 15.4 Å². The van der Waals surface area contributed by atoms with Gasteiger partial charge in [0.25, 0.3) is 5.91 Å². The van der Waals surface area contributed by atoms with Gasteiger partial charge >= 0.3 is 0 Å². The number of methoxy groups -OCH3 is 1. The Labute approximate surface area is 126 Å². The molecule has 2 rings (SSSR count). The highest BCUT2D eigenvalue weighted by atomic mass is 16.5. The molecule has 0 radical (unpaired) electrons. The van der Waals surface area contributed by atoms with Crippen molar-refractivity contribution in [3.8, 4) is 0 Å². The van der Waals surface area contributed by atoms with Crippen LogP contribution in [0.3, 0.4) is 0 Å². The lowest BCUT2D eigenvalue weighted by atomic mass is 9.64. The molecule has 1 aliphatic carbocycles. The molecule has 0 saturated heterocycles. The quantitative estimate of drug-likeness (QED) is 0.845. The van der Waals surface area contributed by atoms with E-state index >= 15 is 0 Å². The van der Waals surface area contributed by atoms with Crippen molar-refractivity contribution in [1.82, 2.24) is 10.3 Å². The third kappa shape index (κ3) is 3.35. The van der Waals surface area contributed by atoms with E-state index in [9.17, 15) is 4.79 Å². The minimum absolute atomic E-state index is 0.0392. The van der Waals surface area contributed by atoms with E-state index in [0.29, 0.717) is 5.69 Å². The first kappa shape index (κ1) is 15.8. The summed E-state index contributed by atoms with van der Waals surface area (Å²) in [6.07, 6.45) is 2.07. The predicted octanol–water partition coefficient (Wildman–Crippen LogP) is 2.45. The number of aromatic nitrogens is 1. The van der Waals surface area contributed by atoms with E-state index in [1.54, 1.807) is 13.2 Å². The molecule has 2 atom stereocenters. The number of ether oxygens (including phenoxy) is 1. The van der Waals surface area contributed by atoms with Crippen LogP contribution in [0.25, 0.3) is 0 Å². The molecule has 1 amide bonds. The summed E-state index contributed by atoms with van der Waals surface area (Å²) in [6.45, 7) is 7.17. The van der Waals surface area contributed by atoms with Gasteiger partial charge in [-0.3, -0.25) is 4.79 Å². The molecule has 116 valence electrons. The molecule has 2 unspecified atom stereocenters. The molecule has 1 aliphatic rings. The largest absolute Gasteiger partial charge is 0.381 e. The van der Waals surface area contributed by atoms with Crippen molar-refractivity contribution in [3.05, 3.63) is 23.9 Å². The van der Waals surface area contributed by atoms with Gasteiger partial charge in [-0.25, -0.2) is 4.98 Å². The van der Waals surface area contributed by atoms with Gasteiger partial charge in [-0.1, -0.05) is 26.8 Å². The van der Waals surface area contributed by atoms with Crippen LogP contribution in [0.4, 0.5) is 5.82 Å². The van der Waals surface area contributed by atoms with E-state index in [2.05, 4.69) is 36.4 Å². The fraction of sp³-hybridized carbons (Fsp3) is 0.625. The standard InChI is InChI=1S/C16H25N3O2/c1-5-9-17-14-8-6-7-11(18-14)15(20)19-12-10-13(21-4)16(12,2)3/h6-8,12-13H,5,9-10H2,1-4H3,(H,17,18)(H,19,20). The van der Waals surface area contributed by atoms with Crippen molar-refractivity contribution in [2.45, 2.75) is 45.8 Å². The molecule has 1 heterocycles. The topological polar surface area (TPSA) is 63.2 Å². The van der Waals surface area contributed by atoms with Gasteiger partial charge in [-0.05, 0) is 25.0 Å².